The van der Waals surface area contributed by atoms with E-state index in [1.54, 1.807) is 12.1 Å². The van der Waals surface area contributed by atoms with Crippen LogP contribution in [0.2, 0.25) is 0 Å². The number of anilines is 1. The molecule has 5 heteroatoms. The van der Waals surface area contributed by atoms with Crippen LogP contribution in [0.15, 0.2) is 48.5 Å². The number of nitrogens with one attached hydrogen (secondary N) is 1. The van der Waals surface area contributed by atoms with Gasteiger partial charge in [0.15, 0.2) is 0 Å². The molecule has 0 spiro atoms. The Bertz CT molecular complexity index is 658. The molecular weight excluding hydrogens is 292 g/mol. The first kappa shape index (κ1) is 16.8. The fraction of sp³-hybridized carbons (Fsp3) is 0.278. The average Bonchev–Trinajstić information content (AvgIpc) is 2.56. The third-order valence-corrected chi connectivity index (χ3v) is 3.55. The zero-order valence-electron chi connectivity index (χ0n) is 13.7. The minimum atomic E-state index is -0.343. The number of hydroxylamine groups is 2. The number of urea groups is 1. The van der Waals surface area contributed by atoms with Crippen LogP contribution in [-0.2, 0) is 11.3 Å². The fourth-order valence-corrected chi connectivity index (χ4v) is 2.12. The molecule has 0 aliphatic carbocycles. The van der Waals surface area contributed by atoms with Gasteiger partial charge in [-0.3, -0.25) is 4.84 Å². The average molecular weight is 314 g/mol. The number of aryl methyl sites for hydroxylation is 1. The summed E-state index contributed by atoms with van der Waals surface area (Å²) in [5.74, 6) is 0.719. The lowest BCUT2D eigenvalue weighted by molar-refractivity contribution is -0.0598. The molecule has 0 aliphatic heterocycles. The Labute approximate surface area is 136 Å². The molecule has 0 unspecified atom stereocenters. The maximum atomic E-state index is 11.7. The number of benzene rings is 2. The standard InChI is InChI=1S/C18H22N2O3/c1-14-7-4-5-8-15(14)11-12-23-17-10-6-9-16(13-17)19-18(21)20(2)22-3/h4-10,13H,11-12H2,1-3H3,(H,19,21). The van der Waals surface area contributed by atoms with E-state index < -0.39 is 0 Å². The molecule has 0 fully saturated rings. The number of amides is 2. The zero-order valence-corrected chi connectivity index (χ0v) is 13.7. The van der Waals surface area contributed by atoms with Crippen molar-refractivity contribution in [2.24, 2.45) is 0 Å². The van der Waals surface area contributed by atoms with Gasteiger partial charge in [-0.1, -0.05) is 30.3 Å². The van der Waals surface area contributed by atoms with E-state index in [2.05, 4.69) is 24.4 Å². The molecule has 122 valence electrons. The number of rotatable bonds is 6. The minimum absolute atomic E-state index is 0.343. The summed E-state index contributed by atoms with van der Waals surface area (Å²) >= 11 is 0. The van der Waals surface area contributed by atoms with E-state index in [0.29, 0.717) is 12.3 Å². The summed E-state index contributed by atoms with van der Waals surface area (Å²) in [5, 5.41) is 3.85. The van der Waals surface area contributed by atoms with Gasteiger partial charge in [-0.05, 0) is 30.2 Å². The van der Waals surface area contributed by atoms with Crippen LogP contribution in [0.1, 0.15) is 11.1 Å². The monoisotopic (exact) mass is 314 g/mol. The van der Waals surface area contributed by atoms with Crippen LogP contribution < -0.4 is 10.1 Å². The van der Waals surface area contributed by atoms with Crippen molar-refractivity contribution in [3.05, 3.63) is 59.7 Å². The smallest absolute Gasteiger partial charge is 0.345 e. The van der Waals surface area contributed by atoms with Crippen LogP contribution in [-0.4, -0.2) is 31.9 Å². The summed E-state index contributed by atoms with van der Waals surface area (Å²) in [6.45, 7) is 2.68. The molecule has 1 N–H and O–H groups in total. The summed E-state index contributed by atoms with van der Waals surface area (Å²) in [6, 6.07) is 15.2. The number of carbonyl (C=O) groups excluding carboxylic acids is 1. The Morgan fingerprint density at radius 3 is 2.70 bits per heavy atom. The topological polar surface area (TPSA) is 50.8 Å². The van der Waals surface area contributed by atoms with E-state index in [9.17, 15) is 4.79 Å². The summed E-state index contributed by atoms with van der Waals surface area (Å²) in [6.07, 6.45) is 0.843. The Kier molecular flexibility index (Phi) is 6.00. The van der Waals surface area contributed by atoms with Crippen molar-refractivity contribution in [3.8, 4) is 5.75 Å². The lowest BCUT2D eigenvalue weighted by Crippen LogP contribution is -2.30. The Hall–Kier alpha value is -2.53. The Balaban J connectivity index is 1.90. The van der Waals surface area contributed by atoms with Gasteiger partial charge in [-0.25, -0.2) is 9.86 Å². The molecule has 0 aromatic heterocycles. The van der Waals surface area contributed by atoms with Crippen LogP contribution in [0.25, 0.3) is 0 Å². The normalized spacial score (nSPS) is 10.2. The first-order valence-electron chi connectivity index (χ1n) is 7.46. The van der Waals surface area contributed by atoms with Gasteiger partial charge in [0.1, 0.15) is 5.75 Å². The van der Waals surface area contributed by atoms with E-state index in [0.717, 1.165) is 17.2 Å². The van der Waals surface area contributed by atoms with Crippen molar-refractivity contribution >= 4 is 11.7 Å². The van der Waals surface area contributed by atoms with Gasteiger partial charge in [-0.2, -0.15) is 0 Å². The van der Waals surface area contributed by atoms with Gasteiger partial charge in [-0.15, -0.1) is 0 Å². The molecule has 0 atom stereocenters. The maximum Gasteiger partial charge on any atom is 0.345 e. The summed E-state index contributed by atoms with van der Waals surface area (Å²) in [4.78, 5) is 16.6. The lowest BCUT2D eigenvalue weighted by atomic mass is 10.1. The summed E-state index contributed by atoms with van der Waals surface area (Å²) < 4.78 is 5.78. The van der Waals surface area contributed by atoms with Crippen LogP contribution in [0, 0.1) is 6.92 Å². The highest BCUT2D eigenvalue weighted by molar-refractivity contribution is 5.88. The van der Waals surface area contributed by atoms with Crippen molar-refractivity contribution in [1.29, 1.82) is 0 Å². The molecular formula is C18H22N2O3. The highest BCUT2D eigenvalue weighted by Gasteiger charge is 2.08. The van der Waals surface area contributed by atoms with Crippen molar-refractivity contribution in [2.75, 3.05) is 26.1 Å². The van der Waals surface area contributed by atoms with Crippen molar-refractivity contribution in [2.45, 2.75) is 13.3 Å². The second-order valence-corrected chi connectivity index (χ2v) is 5.16. The summed E-state index contributed by atoms with van der Waals surface area (Å²) in [5.41, 5.74) is 3.20. The molecule has 2 rings (SSSR count). The first-order chi connectivity index (χ1) is 11.1. The SMILES string of the molecule is CON(C)C(=O)Nc1cccc(OCCc2ccccc2C)c1. The molecule has 0 aliphatic rings. The predicted molar refractivity (Wildman–Crippen MR) is 90.6 cm³/mol. The molecule has 0 heterocycles. The Morgan fingerprint density at radius 2 is 1.96 bits per heavy atom. The molecule has 0 bridgehead atoms. The van der Waals surface area contributed by atoms with Crippen molar-refractivity contribution in [1.82, 2.24) is 5.06 Å². The third-order valence-electron chi connectivity index (χ3n) is 3.55. The number of carbonyl (C=O) groups is 1. The van der Waals surface area contributed by atoms with Gasteiger partial charge in [0.2, 0.25) is 0 Å². The highest BCUT2D eigenvalue weighted by Crippen LogP contribution is 2.18. The van der Waals surface area contributed by atoms with E-state index in [1.807, 2.05) is 24.3 Å². The maximum absolute atomic E-state index is 11.7. The van der Waals surface area contributed by atoms with Crippen LogP contribution >= 0.6 is 0 Å². The molecule has 0 radical (unpaired) electrons. The lowest BCUT2D eigenvalue weighted by Gasteiger charge is -2.15. The van der Waals surface area contributed by atoms with Gasteiger partial charge in [0.25, 0.3) is 0 Å². The second kappa shape index (κ2) is 8.19. The molecule has 2 aromatic carbocycles. The van der Waals surface area contributed by atoms with Gasteiger partial charge >= 0.3 is 6.03 Å². The van der Waals surface area contributed by atoms with E-state index in [-0.39, 0.29) is 6.03 Å². The number of hydrogen-bond donors (Lipinski definition) is 1. The largest absolute Gasteiger partial charge is 0.493 e. The Morgan fingerprint density at radius 1 is 1.17 bits per heavy atom. The first-order valence-corrected chi connectivity index (χ1v) is 7.46. The van der Waals surface area contributed by atoms with Crippen LogP contribution in [0.5, 0.6) is 5.75 Å². The van der Waals surface area contributed by atoms with Crippen LogP contribution in [0.4, 0.5) is 10.5 Å². The molecule has 2 amide bonds. The second-order valence-electron chi connectivity index (χ2n) is 5.16. The minimum Gasteiger partial charge on any atom is -0.493 e. The van der Waals surface area contributed by atoms with E-state index in [4.69, 9.17) is 9.57 Å². The van der Waals surface area contributed by atoms with Crippen molar-refractivity contribution in [3.63, 3.8) is 0 Å². The third kappa shape index (κ3) is 5.00. The fourth-order valence-electron chi connectivity index (χ4n) is 2.12. The molecule has 5 nitrogen and oxygen atoms in total. The quantitative estimate of drug-likeness (QED) is 0.828. The number of ether oxygens (including phenoxy) is 1. The van der Waals surface area contributed by atoms with Gasteiger partial charge in [0, 0.05) is 25.2 Å². The van der Waals surface area contributed by atoms with E-state index >= 15 is 0 Å². The van der Waals surface area contributed by atoms with Gasteiger partial charge < -0.3 is 10.1 Å². The number of hydrogen-bond acceptors (Lipinski definition) is 3. The predicted octanol–water partition coefficient (Wildman–Crippen LogP) is 3.64. The zero-order chi connectivity index (χ0) is 16.7. The molecule has 0 saturated carbocycles. The van der Waals surface area contributed by atoms with Gasteiger partial charge in [0.05, 0.1) is 13.7 Å². The van der Waals surface area contributed by atoms with Crippen LogP contribution in [0.3, 0.4) is 0 Å². The molecule has 23 heavy (non-hydrogen) atoms. The van der Waals surface area contributed by atoms with Crippen molar-refractivity contribution < 1.29 is 14.4 Å². The highest BCUT2D eigenvalue weighted by atomic mass is 16.7. The van der Waals surface area contributed by atoms with E-state index in [1.165, 1.54) is 25.3 Å². The number of nitrogens with zero attached hydrogens (tertiary/aromatic N) is 1. The molecule has 2 aromatic rings. The molecule has 0 saturated heterocycles. The summed E-state index contributed by atoms with van der Waals surface area (Å²) in [7, 11) is 2.97.